The zero-order valence-electron chi connectivity index (χ0n) is 24.8. The largest absolute Gasteiger partial charge is 0.462 e. The Morgan fingerprint density at radius 3 is 2.08 bits per heavy atom. The minimum absolute atomic E-state index is 0.0904. The van der Waals surface area contributed by atoms with Gasteiger partial charge in [-0.15, -0.1) is 0 Å². The van der Waals surface area contributed by atoms with Gasteiger partial charge in [0.1, 0.15) is 6.61 Å². The van der Waals surface area contributed by atoms with Crippen LogP contribution in [0.4, 0.5) is 0 Å². The van der Waals surface area contributed by atoms with Gasteiger partial charge in [-0.3, -0.25) is 9.59 Å². The molecule has 1 aliphatic heterocycles. The average molecular weight is 549 g/mol. The molecule has 1 heterocycles. The Bertz CT molecular complexity index is 698. The summed E-state index contributed by atoms with van der Waals surface area (Å²) in [4.78, 5) is 23.9. The molecule has 1 fully saturated rings. The monoisotopic (exact) mass is 548 g/mol. The van der Waals surface area contributed by atoms with E-state index >= 15 is 0 Å². The zero-order chi connectivity index (χ0) is 28.4. The van der Waals surface area contributed by atoms with Crippen molar-refractivity contribution < 1.29 is 28.9 Å². The fourth-order valence-corrected chi connectivity index (χ4v) is 4.34. The lowest BCUT2D eigenvalue weighted by Crippen LogP contribution is -2.28. The Hall–Kier alpha value is -1.92. The van der Waals surface area contributed by atoms with Gasteiger partial charge in [0, 0.05) is 12.8 Å². The molecule has 1 aliphatic rings. The van der Waals surface area contributed by atoms with Gasteiger partial charge in [0.15, 0.2) is 6.10 Å². The number of carbonyl (C=O) groups excluding carboxylic acids is 2. The quantitative estimate of drug-likeness (QED) is 0.0511. The van der Waals surface area contributed by atoms with Gasteiger partial charge in [0.25, 0.3) is 0 Å². The van der Waals surface area contributed by atoms with Crippen molar-refractivity contribution in [3.05, 3.63) is 36.5 Å². The molecule has 0 bridgehead atoms. The number of hydrogen-bond donors (Lipinski definition) is 1. The average Bonchev–Trinajstić information content (AvgIpc) is 3.69. The highest BCUT2D eigenvalue weighted by Crippen LogP contribution is 2.30. The third kappa shape index (κ3) is 21.6. The molecule has 2 unspecified atom stereocenters. The summed E-state index contributed by atoms with van der Waals surface area (Å²) in [6, 6.07) is 0. The first-order chi connectivity index (χ1) is 19.1. The van der Waals surface area contributed by atoms with E-state index in [4.69, 9.17) is 14.2 Å². The van der Waals surface area contributed by atoms with Crippen LogP contribution < -0.4 is 0 Å². The van der Waals surface area contributed by atoms with Crippen molar-refractivity contribution in [1.29, 1.82) is 0 Å². The first-order valence-corrected chi connectivity index (χ1v) is 15.7. The number of carbonyl (C=O) groups is 2. The molecule has 0 aromatic carbocycles. The minimum Gasteiger partial charge on any atom is -0.462 e. The number of aliphatic hydroxyl groups excluding tert-OH is 1. The van der Waals surface area contributed by atoms with Crippen molar-refractivity contribution in [3.8, 4) is 0 Å². The lowest BCUT2D eigenvalue weighted by Gasteiger charge is -2.15. The minimum atomic E-state index is -0.797. The standard InChI is InChI=1S/C33H56O6/c1-3-5-7-8-13-17-21-25-32(35)37-28-29(27-34)38-33(36)26-22-18-15-12-10-9-11-14-16-20-24-31-30(39-31)23-19-6-4-2/h9,11-12,15-16,20,29-31,34H,3-8,10,13-14,17-19,21-28H2,1-2H3/b11-9-,15-12-,20-16-/t29-,30?,31?/m0/s1. The number of esters is 2. The van der Waals surface area contributed by atoms with Crippen LogP contribution in [0.3, 0.4) is 0 Å². The van der Waals surface area contributed by atoms with Gasteiger partial charge in [-0.05, 0) is 44.9 Å². The third-order valence-corrected chi connectivity index (χ3v) is 6.86. The fourth-order valence-electron chi connectivity index (χ4n) is 4.34. The number of rotatable bonds is 26. The second kappa shape index (κ2) is 25.1. The SMILES string of the molecule is CCCCCCCCCC(=O)OC[C@H](CO)OC(=O)CCC/C=C\C/C=C\C/C=C\CC1OC1CCCCC. The van der Waals surface area contributed by atoms with E-state index in [1.807, 2.05) is 0 Å². The van der Waals surface area contributed by atoms with Crippen LogP contribution in [0, 0.1) is 0 Å². The number of aliphatic hydroxyl groups is 1. The topological polar surface area (TPSA) is 85.4 Å². The van der Waals surface area contributed by atoms with Gasteiger partial charge in [-0.1, -0.05) is 108 Å². The number of ether oxygens (including phenoxy) is 3. The van der Waals surface area contributed by atoms with Crippen LogP contribution in [0.1, 0.15) is 129 Å². The molecule has 6 heteroatoms. The van der Waals surface area contributed by atoms with E-state index in [-0.39, 0.29) is 31.6 Å². The van der Waals surface area contributed by atoms with Crippen LogP contribution in [-0.2, 0) is 23.8 Å². The Labute approximate surface area is 238 Å². The Balaban J connectivity index is 1.98. The van der Waals surface area contributed by atoms with Crippen LogP contribution in [0.5, 0.6) is 0 Å². The molecule has 224 valence electrons. The number of epoxide rings is 1. The lowest BCUT2D eigenvalue weighted by molar-refractivity contribution is -0.161. The maximum Gasteiger partial charge on any atom is 0.306 e. The smallest absolute Gasteiger partial charge is 0.306 e. The highest BCUT2D eigenvalue weighted by atomic mass is 16.6. The van der Waals surface area contributed by atoms with Gasteiger partial charge < -0.3 is 19.3 Å². The van der Waals surface area contributed by atoms with E-state index in [0.717, 1.165) is 44.9 Å². The second-order valence-electron chi connectivity index (χ2n) is 10.6. The Morgan fingerprint density at radius 1 is 0.744 bits per heavy atom. The summed E-state index contributed by atoms with van der Waals surface area (Å²) < 4.78 is 16.1. The Morgan fingerprint density at radius 2 is 1.36 bits per heavy atom. The summed E-state index contributed by atoms with van der Waals surface area (Å²) in [6.45, 7) is 3.98. The fraction of sp³-hybridized carbons (Fsp3) is 0.758. The maximum atomic E-state index is 12.0. The summed E-state index contributed by atoms with van der Waals surface area (Å²) in [5.74, 6) is -0.673. The molecule has 0 aromatic heterocycles. The van der Waals surface area contributed by atoms with E-state index in [1.165, 1.54) is 51.4 Å². The van der Waals surface area contributed by atoms with Crippen LogP contribution >= 0.6 is 0 Å². The summed E-state index contributed by atoms with van der Waals surface area (Å²) >= 11 is 0. The maximum absolute atomic E-state index is 12.0. The zero-order valence-corrected chi connectivity index (χ0v) is 24.8. The molecule has 0 spiro atoms. The molecule has 0 amide bonds. The van der Waals surface area contributed by atoms with Gasteiger partial charge in [0.2, 0.25) is 0 Å². The van der Waals surface area contributed by atoms with Crippen LogP contribution in [-0.4, -0.2) is 48.6 Å². The van der Waals surface area contributed by atoms with Gasteiger partial charge in [-0.2, -0.15) is 0 Å². The molecule has 39 heavy (non-hydrogen) atoms. The highest BCUT2D eigenvalue weighted by Gasteiger charge is 2.36. The van der Waals surface area contributed by atoms with Crippen molar-refractivity contribution in [2.75, 3.05) is 13.2 Å². The lowest BCUT2D eigenvalue weighted by atomic mass is 10.1. The first-order valence-electron chi connectivity index (χ1n) is 15.7. The molecule has 3 atom stereocenters. The summed E-state index contributed by atoms with van der Waals surface area (Å²) in [6.07, 6.45) is 31.0. The predicted molar refractivity (Wildman–Crippen MR) is 158 cm³/mol. The Kier molecular flexibility index (Phi) is 22.6. The van der Waals surface area contributed by atoms with E-state index in [9.17, 15) is 14.7 Å². The molecular weight excluding hydrogens is 492 g/mol. The molecule has 0 radical (unpaired) electrons. The van der Waals surface area contributed by atoms with E-state index in [1.54, 1.807) is 0 Å². The third-order valence-electron chi connectivity index (χ3n) is 6.86. The molecule has 1 rings (SSSR count). The second-order valence-corrected chi connectivity index (χ2v) is 10.6. The number of unbranched alkanes of at least 4 members (excludes halogenated alkanes) is 9. The van der Waals surface area contributed by atoms with Crippen molar-refractivity contribution in [2.24, 2.45) is 0 Å². The van der Waals surface area contributed by atoms with E-state index in [2.05, 4.69) is 50.3 Å². The normalized spacial score (nSPS) is 17.8. The van der Waals surface area contributed by atoms with Crippen molar-refractivity contribution in [1.82, 2.24) is 0 Å². The highest BCUT2D eigenvalue weighted by molar-refractivity contribution is 5.70. The van der Waals surface area contributed by atoms with Crippen molar-refractivity contribution in [3.63, 3.8) is 0 Å². The summed E-state index contributed by atoms with van der Waals surface area (Å²) in [7, 11) is 0. The van der Waals surface area contributed by atoms with Crippen LogP contribution in [0.15, 0.2) is 36.5 Å². The van der Waals surface area contributed by atoms with E-state index < -0.39 is 6.10 Å². The van der Waals surface area contributed by atoms with E-state index in [0.29, 0.717) is 25.0 Å². The number of allylic oxidation sites excluding steroid dienone is 5. The molecule has 0 saturated carbocycles. The molecule has 1 N–H and O–H groups in total. The van der Waals surface area contributed by atoms with Crippen LogP contribution in [0.25, 0.3) is 0 Å². The van der Waals surface area contributed by atoms with Crippen molar-refractivity contribution in [2.45, 2.75) is 148 Å². The predicted octanol–water partition coefficient (Wildman–Crippen LogP) is 7.93. The summed E-state index contributed by atoms with van der Waals surface area (Å²) in [5.41, 5.74) is 0. The molecule has 0 aliphatic carbocycles. The molecule has 6 nitrogen and oxygen atoms in total. The first kappa shape index (κ1) is 35.1. The molecule has 1 saturated heterocycles. The van der Waals surface area contributed by atoms with Gasteiger partial charge >= 0.3 is 11.9 Å². The molecular formula is C33H56O6. The van der Waals surface area contributed by atoms with Crippen molar-refractivity contribution >= 4 is 11.9 Å². The van der Waals surface area contributed by atoms with Gasteiger partial charge in [0.05, 0.1) is 18.8 Å². The van der Waals surface area contributed by atoms with Crippen LogP contribution in [0.2, 0.25) is 0 Å². The van der Waals surface area contributed by atoms with Gasteiger partial charge in [-0.25, -0.2) is 0 Å². The molecule has 0 aromatic rings. The number of hydrogen-bond acceptors (Lipinski definition) is 6. The summed E-state index contributed by atoms with van der Waals surface area (Å²) in [5, 5.41) is 9.44.